The van der Waals surface area contributed by atoms with Crippen molar-refractivity contribution in [1.82, 2.24) is 9.97 Å². The first-order valence-corrected chi connectivity index (χ1v) is 10.0. The number of H-pyrrole nitrogens is 1. The Kier molecular flexibility index (Phi) is 5.64. The summed E-state index contributed by atoms with van der Waals surface area (Å²) >= 11 is 2.67. The van der Waals surface area contributed by atoms with Gasteiger partial charge in [-0.2, -0.15) is 10.2 Å². The summed E-state index contributed by atoms with van der Waals surface area (Å²) in [7, 11) is 0. The summed E-state index contributed by atoms with van der Waals surface area (Å²) < 4.78 is 0. The molecule has 0 fully saturated rings. The molecular formula is C17H18N4O3S2. The van der Waals surface area contributed by atoms with Crippen molar-refractivity contribution in [2.75, 3.05) is 11.1 Å². The normalized spacial score (nSPS) is 15.9. The van der Waals surface area contributed by atoms with E-state index in [1.807, 2.05) is 0 Å². The Bertz CT molecular complexity index is 929. The molecule has 1 aliphatic carbocycles. The Labute approximate surface area is 158 Å². The van der Waals surface area contributed by atoms with Crippen molar-refractivity contribution in [3.8, 4) is 11.9 Å². The van der Waals surface area contributed by atoms with E-state index in [0.29, 0.717) is 22.2 Å². The van der Waals surface area contributed by atoms with E-state index in [0.717, 1.165) is 30.9 Å². The monoisotopic (exact) mass is 390 g/mol. The van der Waals surface area contributed by atoms with Crippen LogP contribution in [0.15, 0.2) is 16.0 Å². The molecule has 136 valence electrons. The fourth-order valence-corrected chi connectivity index (χ4v) is 5.07. The highest BCUT2D eigenvalue weighted by atomic mass is 32.2. The minimum atomic E-state index is -0.443. The molecule has 0 bridgehead atoms. The molecule has 0 saturated carbocycles. The molecule has 2 aromatic heterocycles. The molecule has 7 nitrogen and oxygen atoms in total. The molecule has 1 atom stereocenters. The summed E-state index contributed by atoms with van der Waals surface area (Å²) in [5.41, 5.74) is 1.24. The number of hydrogen-bond acceptors (Lipinski definition) is 7. The second kappa shape index (κ2) is 7.93. The van der Waals surface area contributed by atoms with E-state index in [9.17, 15) is 20.0 Å². The van der Waals surface area contributed by atoms with Crippen LogP contribution >= 0.6 is 23.1 Å². The molecule has 2 aromatic rings. The largest absolute Gasteiger partial charge is 0.493 e. The zero-order valence-corrected chi connectivity index (χ0v) is 15.8. The number of carbonyl (C=O) groups is 1. The molecule has 0 aromatic carbocycles. The summed E-state index contributed by atoms with van der Waals surface area (Å²) in [6.07, 6.45) is 3.11. The van der Waals surface area contributed by atoms with Gasteiger partial charge in [0, 0.05) is 17.1 Å². The molecule has 0 radical (unpaired) electrons. The predicted molar refractivity (Wildman–Crippen MR) is 101 cm³/mol. The van der Waals surface area contributed by atoms with Gasteiger partial charge in [-0.15, -0.1) is 11.3 Å². The Hall–Kier alpha value is -2.31. The molecular weight excluding hydrogens is 372 g/mol. The van der Waals surface area contributed by atoms with Crippen LogP contribution in [0.25, 0.3) is 0 Å². The van der Waals surface area contributed by atoms with Crippen molar-refractivity contribution >= 4 is 34.0 Å². The van der Waals surface area contributed by atoms with Gasteiger partial charge >= 0.3 is 0 Å². The lowest BCUT2D eigenvalue weighted by Gasteiger charge is -2.17. The number of nitrogens with zero attached hydrogens (tertiary/aromatic N) is 2. The van der Waals surface area contributed by atoms with Crippen LogP contribution < -0.4 is 10.9 Å². The molecule has 3 rings (SSSR count). The van der Waals surface area contributed by atoms with Crippen LogP contribution in [0, 0.1) is 17.2 Å². The number of amides is 1. The van der Waals surface area contributed by atoms with Crippen molar-refractivity contribution in [1.29, 1.82) is 5.26 Å². The number of anilines is 1. The standard InChI is InChI=1S/C17H18N4O3S2/c1-9-2-3-10-11(8-18)16(26-12(10)6-9)19-13(22)4-5-25-17-20-14(23)7-15(24)21-17/h7,9H,2-6H2,1H3,(H,19,22)(H2,20,21,23,24). The highest BCUT2D eigenvalue weighted by molar-refractivity contribution is 7.99. The summed E-state index contributed by atoms with van der Waals surface area (Å²) in [5.74, 6) is 0.452. The van der Waals surface area contributed by atoms with E-state index >= 15 is 0 Å². The number of aromatic hydroxyl groups is 1. The maximum absolute atomic E-state index is 12.2. The van der Waals surface area contributed by atoms with Crippen LogP contribution in [0.5, 0.6) is 5.88 Å². The number of fused-ring (bicyclic) bond motifs is 1. The van der Waals surface area contributed by atoms with Crippen molar-refractivity contribution < 1.29 is 9.90 Å². The molecule has 0 spiro atoms. The van der Waals surface area contributed by atoms with Crippen molar-refractivity contribution in [2.45, 2.75) is 37.8 Å². The second-order valence-electron chi connectivity index (χ2n) is 6.22. The smallest absolute Gasteiger partial charge is 0.255 e. The van der Waals surface area contributed by atoms with Gasteiger partial charge in [-0.1, -0.05) is 18.7 Å². The summed E-state index contributed by atoms with van der Waals surface area (Å²) in [5, 5.41) is 22.5. The van der Waals surface area contributed by atoms with Crippen molar-refractivity contribution in [3.05, 3.63) is 32.4 Å². The number of rotatable bonds is 5. The van der Waals surface area contributed by atoms with Crippen LogP contribution in [0.1, 0.15) is 35.8 Å². The topological polar surface area (TPSA) is 119 Å². The number of aromatic amines is 1. The Morgan fingerprint density at radius 2 is 2.42 bits per heavy atom. The number of nitrogens with one attached hydrogen (secondary N) is 2. The summed E-state index contributed by atoms with van der Waals surface area (Å²) in [4.78, 5) is 30.9. The maximum atomic E-state index is 12.2. The molecule has 1 amide bonds. The Morgan fingerprint density at radius 3 is 3.15 bits per heavy atom. The van der Waals surface area contributed by atoms with Gasteiger partial charge in [0.1, 0.15) is 11.1 Å². The zero-order chi connectivity index (χ0) is 18.7. The highest BCUT2D eigenvalue weighted by Gasteiger charge is 2.24. The zero-order valence-electron chi connectivity index (χ0n) is 14.2. The minimum absolute atomic E-state index is 0.192. The minimum Gasteiger partial charge on any atom is -0.493 e. The van der Waals surface area contributed by atoms with Crippen molar-refractivity contribution in [2.24, 2.45) is 5.92 Å². The molecule has 26 heavy (non-hydrogen) atoms. The van der Waals surface area contributed by atoms with Crippen LogP contribution in [0.4, 0.5) is 5.00 Å². The van der Waals surface area contributed by atoms with Crippen LogP contribution in [-0.2, 0) is 17.6 Å². The van der Waals surface area contributed by atoms with Gasteiger partial charge in [0.25, 0.3) is 5.56 Å². The van der Waals surface area contributed by atoms with Crippen LogP contribution in [-0.4, -0.2) is 26.7 Å². The Morgan fingerprint density at radius 1 is 1.62 bits per heavy atom. The van der Waals surface area contributed by atoms with Gasteiger partial charge in [0.05, 0.1) is 11.6 Å². The molecule has 3 N–H and O–H groups in total. The SMILES string of the molecule is CC1CCc2c(sc(NC(=O)CCSc3nc(O)cc(=O)[nH]3)c2C#N)C1. The van der Waals surface area contributed by atoms with Gasteiger partial charge in [0.15, 0.2) is 5.16 Å². The highest BCUT2D eigenvalue weighted by Crippen LogP contribution is 2.39. The van der Waals surface area contributed by atoms with Gasteiger partial charge in [0.2, 0.25) is 11.8 Å². The van der Waals surface area contributed by atoms with Gasteiger partial charge in [-0.25, -0.2) is 0 Å². The van der Waals surface area contributed by atoms with Gasteiger partial charge < -0.3 is 15.4 Å². The maximum Gasteiger partial charge on any atom is 0.255 e. The average Bonchev–Trinajstić information content (AvgIpc) is 2.89. The van der Waals surface area contributed by atoms with E-state index in [1.54, 1.807) is 0 Å². The molecule has 0 aliphatic heterocycles. The first kappa shape index (κ1) is 18.5. The third-order valence-electron chi connectivity index (χ3n) is 4.15. The molecule has 1 aliphatic rings. The van der Waals surface area contributed by atoms with E-state index in [1.165, 1.54) is 28.0 Å². The lowest BCUT2D eigenvalue weighted by atomic mass is 9.89. The van der Waals surface area contributed by atoms with Gasteiger partial charge in [-0.05, 0) is 30.7 Å². The first-order chi connectivity index (χ1) is 12.5. The molecule has 9 heteroatoms. The van der Waals surface area contributed by atoms with Crippen LogP contribution in [0.3, 0.4) is 0 Å². The first-order valence-electron chi connectivity index (χ1n) is 8.24. The summed E-state index contributed by atoms with van der Waals surface area (Å²) in [6, 6.07) is 3.22. The third kappa shape index (κ3) is 4.26. The quantitative estimate of drug-likeness (QED) is 0.533. The lowest BCUT2D eigenvalue weighted by Crippen LogP contribution is -2.13. The second-order valence-corrected chi connectivity index (χ2v) is 8.41. The number of thioether (sulfide) groups is 1. The third-order valence-corrected chi connectivity index (χ3v) is 6.20. The number of thiophene rings is 1. The van der Waals surface area contributed by atoms with E-state index in [2.05, 4.69) is 28.3 Å². The van der Waals surface area contributed by atoms with Gasteiger partial charge in [-0.3, -0.25) is 9.59 Å². The van der Waals surface area contributed by atoms with Crippen molar-refractivity contribution in [3.63, 3.8) is 0 Å². The molecule has 0 saturated heterocycles. The molecule has 1 unspecified atom stereocenters. The van der Waals surface area contributed by atoms with Crippen LogP contribution in [0.2, 0.25) is 0 Å². The number of carbonyl (C=O) groups excluding carboxylic acids is 1. The van der Waals surface area contributed by atoms with E-state index < -0.39 is 5.56 Å². The fourth-order valence-electron chi connectivity index (χ4n) is 2.88. The van der Waals surface area contributed by atoms with E-state index in [4.69, 9.17) is 0 Å². The fraction of sp³-hybridized carbons (Fsp3) is 0.412. The predicted octanol–water partition coefficient (Wildman–Crippen LogP) is 2.65. The average molecular weight is 390 g/mol. The summed E-state index contributed by atoms with van der Waals surface area (Å²) in [6.45, 7) is 2.20. The number of aromatic nitrogens is 2. The number of hydrogen-bond donors (Lipinski definition) is 3. The number of nitriles is 1. The lowest BCUT2D eigenvalue weighted by molar-refractivity contribution is -0.115. The molecule has 2 heterocycles. The van der Waals surface area contributed by atoms with E-state index in [-0.39, 0.29) is 23.4 Å². The Balaban J connectivity index is 1.60.